The number of ether oxygens (including phenoxy) is 1. The van der Waals surface area contributed by atoms with Crippen molar-refractivity contribution in [1.82, 2.24) is 20.5 Å². The van der Waals surface area contributed by atoms with Crippen LogP contribution in [0.5, 0.6) is 5.75 Å². The van der Waals surface area contributed by atoms with Crippen molar-refractivity contribution in [2.45, 2.75) is 38.2 Å². The van der Waals surface area contributed by atoms with Gasteiger partial charge in [0.1, 0.15) is 17.4 Å². The summed E-state index contributed by atoms with van der Waals surface area (Å²) in [5.41, 5.74) is -1.35. The molecule has 2 aliphatic rings. The van der Waals surface area contributed by atoms with Gasteiger partial charge in [-0.1, -0.05) is 0 Å². The average Bonchev–Trinajstić information content (AvgIpc) is 3.06. The first-order chi connectivity index (χ1) is 12.9. The van der Waals surface area contributed by atoms with Crippen LogP contribution in [-0.4, -0.2) is 34.4 Å². The zero-order valence-electron chi connectivity index (χ0n) is 14.3. The van der Waals surface area contributed by atoms with Gasteiger partial charge < -0.3 is 15.0 Å². The van der Waals surface area contributed by atoms with Crippen LogP contribution < -0.4 is 20.5 Å². The smallest absolute Gasteiger partial charge is 0.423 e. The fraction of sp³-hybridized carbons (Fsp3) is 0.471. The van der Waals surface area contributed by atoms with E-state index in [1.807, 2.05) is 5.10 Å². The summed E-state index contributed by atoms with van der Waals surface area (Å²) in [7, 11) is 0. The second kappa shape index (κ2) is 6.84. The molecule has 4 rings (SSSR count). The highest BCUT2D eigenvalue weighted by Crippen LogP contribution is 2.38. The first-order valence-electron chi connectivity index (χ1n) is 8.67. The predicted molar refractivity (Wildman–Crippen MR) is 90.5 cm³/mol. The lowest BCUT2D eigenvalue weighted by molar-refractivity contribution is -0.138. The summed E-state index contributed by atoms with van der Waals surface area (Å²) in [5, 5.41) is 8.66. The normalized spacial score (nSPS) is 17.8. The number of anilines is 1. The van der Waals surface area contributed by atoms with E-state index in [0.717, 1.165) is 37.7 Å². The van der Waals surface area contributed by atoms with Crippen LogP contribution in [0.3, 0.4) is 0 Å². The third-order valence-electron chi connectivity index (χ3n) is 4.83. The van der Waals surface area contributed by atoms with Gasteiger partial charge in [-0.3, -0.25) is 9.78 Å². The van der Waals surface area contributed by atoms with Gasteiger partial charge in [0.05, 0.1) is 24.1 Å². The fourth-order valence-corrected chi connectivity index (χ4v) is 3.52. The molecule has 0 saturated carbocycles. The number of rotatable bonds is 3. The zero-order chi connectivity index (χ0) is 19.0. The summed E-state index contributed by atoms with van der Waals surface area (Å²) < 4.78 is 46.2. The van der Waals surface area contributed by atoms with Gasteiger partial charge in [-0.2, -0.15) is 18.3 Å². The van der Waals surface area contributed by atoms with Crippen molar-refractivity contribution in [3.05, 3.63) is 45.6 Å². The molecule has 0 radical (unpaired) electrons. The van der Waals surface area contributed by atoms with Crippen LogP contribution >= 0.6 is 0 Å². The molecule has 7 nitrogen and oxygen atoms in total. The highest BCUT2D eigenvalue weighted by molar-refractivity contribution is 5.57. The minimum Gasteiger partial charge on any atom is -0.490 e. The second-order valence-corrected chi connectivity index (χ2v) is 6.61. The number of hydrogen-bond donors (Lipinski definition) is 2. The molecular weight excluding hydrogens is 363 g/mol. The van der Waals surface area contributed by atoms with Crippen molar-refractivity contribution in [2.24, 2.45) is 0 Å². The number of aromatic amines is 1. The lowest BCUT2D eigenvalue weighted by atomic mass is 10.1. The number of H-pyrrole nitrogens is 1. The summed E-state index contributed by atoms with van der Waals surface area (Å²) >= 11 is 0. The number of fused-ring (bicyclic) bond motifs is 1. The third-order valence-corrected chi connectivity index (χ3v) is 4.83. The Balaban J connectivity index is 1.63. The number of pyridine rings is 1. The van der Waals surface area contributed by atoms with Crippen LogP contribution in [0.4, 0.5) is 18.9 Å². The molecule has 2 N–H and O–H groups in total. The SMILES string of the molecule is O=c1[nH]ncc(N2Cc3nccc(OC4CCNCC4)c3C2)c1C(F)(F)F. The number of halogens is 3. The Morgan fingerprint density at radius 3 is 2.74 bits per heavy atom. The molecule has 0 aliphatic carbocycles. The Bertz CT molecular complexity index is 893. The minimum atomic E-state index is -4.78. The summed E-state index contributed by atoms with van der Waals surface area (Å²) in [4.78, 5) is 17.5. The van der Waals surface area contributed by atoms with E-state index in [4.69, 9.17) is 4.74 Å². The maximum absolute atomic E-state index is 13.4. The van der Waals surface area contributed by atoms with Gasteiger partial charge in [-0.15, -0.1) is 0 Å². The van der Waals surface area contributed by atoms with Crippen molar-refractivity contribution in [3.63, 3.8) is 0 Å². The monoisotopic (exact) mass is 381 g/mol. The number of hydrogen-bond acceptors (Lipinski definition) is 6. The zero-order valence-corrected chi connectivity index (χ0v) is 14.3. The lowest BCUT2D eigenvalue weighted by Gasteiger charge is -2.25. The number of alkyl halides is 3. The molecule has 0 aromatic carbocycles. The van der Waals surface area contributed by atoms with Crippen molar-refractivity contribution < 1.29 is 17.9 Å². The molecule has 144 valence electrons. The van der Waals surface area contributed by atoms with Gasteiger partial charge in [-0.25, -0.2) is 5.10 Å². The van der Waals surface area contributed by atoms with Gasteiger partial charge in [0.15, 0.2) is 0 Å². The molecule has 10 heteroatoms. The summed E-state index contributed by atoms with van der Waals surface area (Å²) in [5.74, 6) is 0.640. The topological polar surface area (TPSA) is 83.1 Å². The highest BCUT2D eigenvalue weighted by Gasteiger charge is 2.40. The predicted octanol–water partition coefficient (Wildman–Crippen LogP) is 1.83. The van der Waals surface area contributed by atoms with Gasteiger partial charge in [0, 0.05) is 18.3 Å². The van der Waals surface area contributed by atoms with Crippen LogP contribution in [0.25, 0.3) is 0 Å². The number of nitrogens with one attached hydrogen (secondary N) is 2. The molecule has 1 fully saturated rings. The third kappa shape index (κ3) is 3.48. The summed E-state index contributed by atoms with van der Waals surface area (Å²) in [6, 6.07) is 1.74. The van der Waals surface area contributed by atoms with Gasteiger partial charge in [0.25, 0.3) is 5.56 Å². The molecule has 2 aromatic rings. The minimum absolute atomic E-state index is 0.0683. The first kappa shape index (κ1) is 17.8. The second-order valence-electron chi connectivity index (χ2n) is 6.61. The quantitative estimate of drug-likeness (QED) is 0.844. The fourth-order valence-electron chi connectivity index (χ4n) is 3.52. The van der Waals surface area contributed by atoms with Gasteiger partial charge >= 0.3 is 6.18 Å². The Morgan fingerprint density at radius 1 is 1.22 bits per heavy atom. The molecule has 1 saturated heterocycles. The van der Waals surface area contributed by atoms with Gasteiger partial charge in [0.2, 0.25) is 0 Å². The largest absolute Gasteiger partial charge is 0.490 e. The highest BCUT2D eigenvalue weighted by atomic mass is 19.4. The molecule has 0 spiro atoms. The van der Waals surface area contributed by atoms with Crippen LogP contribution in [0.15, 0.2) is 23.3 Å². The Morgan fingerprint density at radius 2 is 2.00 bits per heavy atom. The van der Waals surface area contributed by atoms with Crippen LogP contribution in [0.1, 0.15) is 29.7 Å². The summed E-state index contributed by atoms with van der Waals surface area (Å²) in [6.45, 7) is 2.08. The Hall–Kier alpha value is -2.62. The average molecular weight is 381 g/mol. The number of aromatic nitrogens is 3. The molecule has 2 aromatic heterocycles. The molecule has 0 atom stereocenters. The van der Waals surface area contributed by atoms with E-state index in [-0.39, 0.29) is 24.9 Å². The summed E-state index contributed by atoms with van der Waals surface area (Å²) in [6.07, 6.45) is -0.335. The molecule has 4 heterocycles. The molecule has 0 bridgehead atoms. The van der Waals surface area contributed by atoms with E-state index >= 15 is 0 Å². The molecule has 27 heavy (non-hydrogen) atoms. The van der Waals surface area contributed by atoms with Crippen LogP contribution in [0, 0.1) is 0 Å². The van der Waals surface area contributed by atoms with Crippen LogP contribution in [0.2, 0.25) is 0 Å². The maximum atomic E-state index is 13.4. The lowest BCUT2D eigenvalue weighted by Crippen LogP contribution is -2.34. The maximum Gasteiger partial charge on any atom is 0.423 e. The Labute approximate surface area is 152 Å². The Kier molecular flexibility index (Phi) is 4.50. The molecular formula is C17H18F3N5O2. The first-order valence-corrected chi connectivity index (χ1v) is 8.67. The molecule has 0 unspecified atom stereocenters. The number of piperidine rings is 1. The van der Waals surface area contributed by atoms with Crippen molar-refractivity contribution in [2.75, 3.05) is 18.0 Å². The van der Waals surface area contributed by atoms with E-state index in [9.17, 15) is 18.0 Å². The van der Waals surface area contributed by atoms with E-state index in [0.29, 0.717) is 11.4 Å². The van der Waals surface area contributed by atoms with E-state index < -0.39 is 17.3 Å². The van der Waals surface area contributed by atoms with Crippen molar-refractivity contribution in [3.8, 4) is 5.75 Å². The standard InChI is InChI=1S/C17H18F3N5O2/c18-17(19,20)15-13(7-23-24-16(15)26)25-8-11-12(9-25)22-6-3-14(11)27-10-1-4-21-5-2-10/h3,6-7,10,21H,1-2,4-5,8-9H2,(H,24,26). The van der Waals surface area contributed by atoms with E-state index in [1.165, 1.54) is 4.90 Å². The van der Waals surface area contributed by atoms with E-state index in [1.54, 1.807) is 12.3 Å². The van der Waals surface area contributed by atoms with Crippen molar-refractivity contribution >= 4 is 5.69 Å². The molecule has 2 aliphatic heterocycles. The van der Waals surface area contributed by atoms with Gasteiger partial charge in [-0.05, 0) is 32.0 Å². The number of nitrogens with zero attached hydrogens (tertiary/aromatic N) is 3. The van der Waals surface area contributed by atoms with Crippen molar-refractivity contribution in [1.29, 1.82) is 0 Å². The van der Waals surface area contributed by atoms with E-state index in [2.05, 4.69) is 15.4 Å². The molecule has 0 amide bonds. The van der Waals surface area contributed by atoms with Crippen LogP contribution in [-0.2, 0) is 19.3 Å².